The van der Waals surface area contributed by atoms with Crippen molar-refractivity contribution in [3.8, 4) is 0 Å². The van der Waals surface area contributed by atoms with E-state index in [9.17, 15) is 4.39 Å². The molecule has 1 aliphatic heterocycles. The number of nitrogens with one attached hydrogen (secondary N) is 1. The second kappa shape index (κ2) is 6.87. The SMILES string of the molecule is CNCc1c(F)cccc1N1CCCC(CCO)C1. The van der Waals surface area contributed by atoms with Crippen molar-refractivity contribution in [3.05, 3.63) is 29.6 Å². The zero-order valence-electron chi connectivity index (χ0n) is 11.5. The number of benzene rings is 1. The summed E-state index contributed by atoms with van der Waals surface area (Å²) >= 11 is 0. The maximum absolute atomic E-state index is 13.9. The normalized spacial score (nSPS) is 19.7. The van der Waals surface area contributed by atoms with Crippen LogP contribution < -0.4 is 10.2 Å². The molecule has 4 heteroatoms. The fourth-order valence-electron chi connectivity index (χ4n) is 2.90. The predicted molar refractivity (Wildman–Crippen MR) is 75.8 cm³/mol. The molecule has 1 aliphatic rings. The Morgan fingerprint density at radius 1 is 1.47 bits per heavy atom. The smallest absolute Gasteiger partial charge is 0.129 e. The molecule has 0 bridgehead atoms. The van der Waals surface area contributed by atoms with Crippen LogP contribution in [0.25, 0.3) is 0 Å². The zero-order valence-corrected chi connectivity index (χ0v) is 11.5. The molecule has 0 amide bonds. The molecule has 19 heavy (non-hydrogen) atoms. The second-order valence-electron chi connectivity index (χ2n) is 5.23. The molecule has 1 aromatic carbocycles. The lowest BCUT2D eigenvalue weighted by Crippen LogP contribution is -2.36. The summed E-state index contributed by atoms with van der Waals surface area (Å²) < 4.78 is 13.9. The molecule has 1 heterocycles. The van der Waals surface area contributed by atoms with Crippen LogP contribution in [0.5, 0.6) is 0 Å². The van der Waals surface area contributed by atoms with Crippen molar-refractivity contribution in [2.24, 2.45) is 5.92 Å². The third-order valence-corrected chi connectivity index (χ3v) is 3.84. The van der Waals surface area contributed by atoms with Gasteiger partial charge in [0.2, 0.25) is 0 Å². The number of hydrogen-bond acceptors (Lipinski definition) is 3. The van der Waals surface area contributed by atoms with Gasteiger partial charge in [0.1, 0.15) is 5.82 Å². The van der Waals surface area contributed by atoms with Crippen molar-refractivity contribution in [3.63, 3.8) is 0 Å². The van der Waals surface area contributed by atoms with Crippen molar-refractivity contribution in [1.82, 2.24) is 5.32 Å². The molecule has 106 valence electrons. The van der Waals surface area contributed by atoms with E-state index in [1.807, 2.05) is 13.1 Å². The number of aliphatic hydroxyl groups excluding tert-OH is 1. The average molecular weight is 266 g/mol. The van der Waals surface area contributed by atoms with Crippen molar-refractivity contribution in [1.29, 1.82) is 0 Å². The van der Waals surface area contributed by atoms with Gasteiger partial charge in [0, 0.05) is 37.5 Å². The molecule has 1 unspecified atom stereocenters. The number of halogens is 1. The first-order chi connectivity index (χ1) is 9.26. The Morgan fingerprint density at radius 3 is 3.05 bits per heavy atom. The maximum atomic E-state index is 13.9. The molecule has 3 nitrogen and oxygen atoms in total. The van der Waals surface area contributed by atoms with Gasteiger partial charge in [0.05, 0.1) is 0 Å². The molecular formula is C15H23FN2O. The Bertz CT molecular complexity index is 409. The third kappa shape index (κ3) is 3.45. The first-order valence-electron chi connectivity index (χ1n) is 7.04. The van der Waals surface area contributed by atoms with Crippen LogP contribution in [-0.4, -0.2) is 31.9 Å². The summed E-state index contributed by atoms with van der Waals surface area (Å²) in [7, 11) is 1.83. The summed E-state index contributed by atoms with van der Waals surface area (Å²) in [5, 5.41) is 12.1. The number of aliphatic hydroxyl groups is 1. The van der Waals surface area contributed by atoms with E-state index < -0.39 is 0 Å². The Kier molecular flexibility index (Phi) is 5.16. The number of nitrogens with zero attached hydrogens (tertiary/aromatic N) is 1. The Labute approximate surface area is 114 Å². The third-order valence-electron chi connectivity index (χ3n) is 3.84. The van der Waals surface area contributed by atoms with E-state index in [4.69, 9.17) is 5.11 Å². The summed E-state index contributed by atoms with van der Waals surface area (Å²) in [6.07, 6.45) is 3.11. The van der Waals surface area contributed by atoms with Gasteiger partial charge < -0.3 is 15.3 Å². The van der Waals surface area contributed by atoms with Gasteiger partial charge in [-0.3, -0.25) is 0 Å². The number of piperidine rings is 1. The molecule has 0 spiro atoms. The fourth-order valence-corrected chi connectivity index (χ4v) is 2.90. The van der Waals surface area contributed by atoms with Crippen LogP contribution in [0.2, 0.25) is 0 Å². The van der Waals surface area contributed by atoms with Crippen LogP contribution in [0, 0.1) is 11.7 Å². The van der Waals surface area contributed by atoms with E-state index in [-0.39, 0.29) is 12.4 Å². The minimum absolute atomic E-state index is 0.142. The van der Waals surface area contributed by atoms with E-state index in [1.54, 1.807) is 6.07 Å². The number of hydrogen-bond donors (Lipinski definition) is 2. The van der Waals surface area contributed by atoms with Crippen molar-refractivity contribution >= 4 is 5.69 Å². The highest BCUT2D eigenvalue weighted by molar-refractivity contribution is 5.54. The maximum Gasteiger partial charge on any atom is 0.129 e. The molecule has 0 aliphatic carbocycles. The largest absolute Gasteiger partial charge is 0.396 e. The van der Waals surface area contributed by atoms with Crippen LogP contribution in [0.15, 0.2) is 18.2 Å². The van der Waals surface area contributed by atoms with Gasteiger partial charge in [-0.15, -0.1) is 0 Å². The number of anilines is 1. The summed E-state index contributed by atoms with van der Waals surface area (Å²) in [6.45, 7) is 2.68. The highest BCUT2D eigenvalue weighted by Gasteiger charge is 2.22. The van der Waals surface area contributed by atoms with Crippen LogP contribution >= 0.6 is 0 Å². The first-order valence-corrected chi connectivity index (χ1v) is 7.04. The summed E-state index contributed by atoms with van der Waals surface area (Å²) in [5.74, 6) is 0.376. The topological polar surface area (TPSA) is 35.5 Å². The molecule has 2 rings (SSSR count). The van der Waals surface area contributed by atoms with Gasteiger partial charge >= 0.3 is 0 Å². The van der Waals surface area contributed by atoms with Crippen molar-refractivity contribution < 1.29 is 9.50 Å². The highest BCUT2D eigenvalue weighted by atomic mass is 19.1. The van der Waals surface area contributed by atoms with Gasteiger partial charge in [-0.25, -0.2) is 4.39 Å². The van der Waals surface area contributed by atoms with Crippen molar-refractivity contribution in [2.75, 3.05) is 31.6 Å². The zero-order chi connectivity index (χ0) is 13.7. The summed E-state index contributed by atoms with van der Waals surface area (Å²) in [4.78, 5) is 2.26. The second-order valence-corrected chi connectivity index (χ2v) is 5.23. The summed E-state index contributed by atoms with van der Waals surface area (Å²) in [6, 6.07) is 5.29. The quantitative estimate of drug-likeness (QED) is 0.857. The monoisotopic (exact) mass is 266 g/mol. The van der Waals surface area contributed by atoms with E-state index in [1.165, 1.54) is 6.07 Å². The van der Waals surface area contributed by atoms with Gasteiger partial charge in [-0.2, -0.15) is 0 Å². The van der Waals surface area contributed by atoms with Crippen molar-refractivity contribution in [2.45, 2.75) is 25.8 Å². The molecule has 0 radical (unpaired) electrons. The van der Waals surface area contributed by atoms with Crippen LogP contribution in [0.1, 0.15) is 24.8 Å². The van der Waals surface area contributed by atoms with Crippen LogP contribution in [0.3, 0.4) is 0 Å². The highest BCUT2D eigenvalue weighted by Crippen LogP contribution is 2.29. The molecule has 1 aromatic rings. The molecule has 0 aromatic heterocycles. The van der Waals surface area contributed by atoms with Gasteiger partial charge in [0.25, 0.3) is 0 Å². The van der Waals surface area contributed by atoms with E-state index in [0.717, 1.165) is 43.6 Å². The van der Waals surface area contributed by atoms with E-state index in [2.05, 4.69) is 10.2 Å². The fraction of sp³-hybridized carbons (Fsp3) is 0.600. The lowest BCUT2D eigenvalue weighted by molar-refractivity contribution is 0.244. The standard InChI is InChI=1S/C15H23FN2O/c1-17-10-13-14(16)5-2-6-15(13)18-8-3-4-12(11-18)7-9-19/h2,5-6,12,17,19H,3-4,7-11H2,1H3. The van der Waals surface area contributed by atoms with Gasteiger partial charge in [-0.1, -0.05) is 6.07 Å². The lowest BCUT2D eigenvalue weighted by Gasteiger charge is -2.35. The van der Waals surface area contributed by atoms with Gasteiger partial charge in [-0.05, 0) is 44.4 Å². The minimum atomic E-state index is -0.142. The van der Waals surface area contributed by atoms with Crippen LogP contribution in [-0.2, 0) is 6.54 Å². The Morgan fingerprint density at radius 2 is 2.32 bits per heavy atom. The lowest BCUT2D eigenvalue weighted by atomic mass is 9.94. The Hall–Kier alpha value is -1.13. The molecule has 1 fully saturated rings. The Balaban J connectivity index is 2.18. The summed E-state index contributed by atoms with van der Waals surface area (Å²) in [5.41, 5.74) is 1.74. The minimum Gasteiger partial charge on any atom is -0.396 e. The van der Waals surface area contributed by atoms with E-state index >= 15 is 0 Å². The molecular weight excluding hydrogens is 243 g/mol. The predicted octanol–water partition coefficient (Wildman–Crippen LogP) is 2.14. The average Bonchev–Trinajstić information content (AvgIpc) is 2.42. The molecule has 0 saturated carbocycles. The molecule has 1 atom stereocenters. The molecule has 1 saturated heterocycles. The molecule has 2 N–H and O–H groups in total. The van der Waals surface area contributed by atoms with Crippen LogP contribution in [0.4, 0.5) is 10.1 Å². The van der Waals surface area contributed by atoms with Gasteiger partial charge in [0.15, 0.2) is 0 Å². The first kappa shape index (κ1) is 14.3. The van der Waals surface area contributed by atoms with E-state index in [0.29, 0.717) is 12.5 Å². The number of rotatable bonds is 5.